The van der Waals surface area contributed by atoms with Gasteiger partial charge in [0.25, 0.3) is 0 Å². The number of hydrogen-bond donors (Lipinski definition) is 0. The summed E-state index contributed by atoms with van der Waals surface area (Å²) in [6.45, 7) is 4.91. The van der Waals surface area contributed by atoms with Crippen molar-refractivity contribution in [1.82, 2.24) is 4.90 Å². The normalized spacial score (nSPS) is 30.5. The van der Waals surface area contributed by atoms with Crippen LogP contribution in [0.25, 0.3) is 0 Å². The molecule has 1 rings (SSSR count). The van der Waals surface area contributed by atoms with Crippen LogP contribution in [0.4, 0.5) is 0 Å². The number of nitrogens with zero attached hydrogens (tertiary/aromatic N) is 2. The largest absolute Gasteiger partial charge is 0.296 e. The Labute approximate surface area is 79.3 Å². The molecule has 13 heavy (non-hydrogen) atoms. The van der Waals surface area contributed by atoms with Crippen molar-refractivity contribution in [3.63, 3.8) is 0 Å². The second-order valence-electron chi connectivity index (χ2n) is 4.04. The summed E-state index contributed by atoms with van der Waals surface area (Å²) in [5.74, 6) is 0.0310. The first kappa shape index (κ1) is 10.2. The van der Waals surface area contributed by atoms with Crippen LogP contribution in [-0.2, 0) is 4.79 Å². The number of hydrogen-bond acceptors (Lipinski definition) is 3. The maximum atomic E-state index is 11.7. The number of nitriles is 1. The molecule has 0 aromatic heterocycles. The monoisotopic (exact) mass is 180 g/mol. The van der Waals surface area contributed by atoms with E-state index in [0.29, 0.717) is 12.3 Å². The van der Waals surface area contributed by atoms with Crippen molar-refractivity contribution in [3.8, 4) is 6.07 Å². The predicted octanol–water partition coefficient (Wildman–Crippen LogP) is 1.06. The Hall–Kier alpha value is -0.880. The average Bonchev–Trinajstić information content (AvgIpc) is 2.04. The van der Waals surface area contributed by atoms with Crippen molar-refractivity contribution in [3.05, 3.63) is 0 Å². The van der Waals surface area contributed by atoms with Gasteiger partial charge in [-0.25, -0.2) is 0 Å². The van der Waals surface area contributed by atoms with Gasteiger partial charge in [-0.15, -0.1) is 0 Å². The van der Waals surface area contributed by atoms with E-state index in [4.69, 9.17) is 5.26 Å². The quantitative estimate of drug-likeness (QED) is 0.606. The highest BCUT2D eigenvalue weighted by molar-refractivity contribution is 5.89. The third kappa shape index (κ3) is 1.89. The Balaban J connectivity index is 2.79. The van der Waals surface area contributed by atoms with E-state index < -0.39 is 0 Å². The predicted molar refractivity (Wildman–Crippen MR) is 50.0 cm³/mol. The summed E-state index contributed by atoms with van der Waals surface area (Å²) in [6, 6.07) is 2.03. The van der Waals surface area contributed by atoms with E-state index in [-0.39, 0.29) is 17.7 Å². The third-order valence-corrected chi connectivity index (χ3v) is 2.67. The number of carbonyl (C=O) groups is 1. The Morgan fingerprint density at radius 1 is 1.62 bits per heavy atom. The molecule has 0 bridgehead atoms. The second-order valence-corrected chi connectivity index (χ2v) is 4.04. The SMILES string of the molecule is CC(C)C1C(=O)C(C#N)CCN1C. The first-order valence-corrected chi connectivity index (χ1v) is 4.71. The van der Waals surface area contributed by atoms with E-state index in [2.05, 4.69) is 11.0 Å². The number of likely N-dealkylation sites (tertiary alicyclic amines) is 1. The minimum atomic E-state index is -0.372. The molecule has 0 radical (unpaired) electrons. The van der Waals surface area contributed by atoms with Gasteiger partial charge in [0.05, 0.1) is 12.1 Å². The Bertz CT molecular complexity index is 242. The van der Waals surface area contributed by atoms with Crippen LogP contribution < -0.4 is 0 Å². The molecule has 1 heterocycles. The molecule has 1 saturated heterocycles. The summed E-state index contributed by atoms with van der Waals surface area (Å²) in [5.41, 5.74) is 0. The lowest BCUT2D eigenvalue weighted by atomic mass is 9.85. The molecule has 1 aliphatic rings. The van der Waals surface area contributed by atoms with Gasteiger partial charge in [0.15, 0.2) is 5.78 Å². The molecule has 0 aliphatic carbocycles. The molecule has 0 spiro atoms. The number of piperidine rings is 1. The minimum Gasteiger partial charge on any atom is -0.296 e. The van der Waals surface area contributed by atoms with Gasteiger partial charge in [-0.05, 0) is 19.4 Å². The lowest BCUT2D eigenvalue weighted by Crippen LogP contribution is -2.50. The molecule has 0 aromatic rings. The van der Waals surface area contributed by atoms with Crippen LogP contribution in [0.2, 0.25) is 0 Å². The number of ketones is 1. The summed E-state index contributed by atoms with van der Waals surface area (Å²) >= 11 is 0. The third-order valence-electron chi connectivity index (χ3n) is 2.67. The zero-order valence-electron chi connectivity index (χ0n) is 8.45. The Morgan fingerprint density at radius 2 is 2.23 bits per heavy atom. The molecule has 72 valence electrons. The highest BCUT2D eigenvalue weighted by Crippen LogP contribution is 2.22. The van der Waals surface area contributed by atoms with Crippen LogP contribution in [-0.4, -0.2) is 30.3 Å². The van der Waals surface area contributed by atoms with Crippen molar-refractivity contribution in [2.24, 2.45) is 11.8 Å². The van der Waals surface area contributed by atoms with Gasteiger partial charge >= 0.3 is 0 Å². The van der Waals surface area contributed by atoms with E-state index in [1.54, 1.807) is 0 Å². The van der Waals surface area contributed by atoms with Crippen molar-refractivity contribution in [2.75, 3.05) is 13.6 Å². The zero-order chi connectivity index (χ0) is 10.0. The van der Waals surface area contributed by atoms with Gasteiger partial charge < -0.3 is 0 Å². The topological polar surface area (TPSA) is 44.1 Å². The van der Waals surface area contributed by atoms with Crippen molar-refractivity contribution in [1.29, 1.82) is 5.26 Å². The molecular weight excluding hydrogens is 164 g/mol. The van der Waals surface area contributed by atoms with Crippen LogP contribution in [0.5, 0.6) is 0 Å². The first-order chi connectivity index (χ1) is 6.07. The number of rotatable bonds is 1. The summed E-state index contributed by atoms with van der Waals surface area (Å²) in [6.07, 6.45) is 0.690. The molecule has 0 N–H and O–H groups in total. The maximum absolute atomic E-state index is 11.7. The Kier molecular flexibility index (Phi) is 3.05. The fraction of sp³-hybridized carbons (Fsp3) is 0.800. The summed E-state index contributed by atoms with van der Waals surface area (Å²) in [5, 5.41) is 8.76. The fourth-order valence-corrected chi connectivity index (χ4v) is 2.00. The smallest absolute Gasteiger partial charge is 0.167 e. The van der Waals surface area contributed by atoms with Crippen LogP contribution in [0.15, 0.2) is 0 Å². The lowest BCUT2D eigenvalue weighted by molar-refractivity contribution is -0.130. The van der Waals surface area contributed by atoms with E-state index in [1.165, 1.54) is 0 Å². The molecule has 2 atom stereocenters. The maximum Gasteiger partial charge on any atom is 0.167 e. The second kappa shape index (κ2) is 3.89. The molecule has 3 nitrogen and oxygen atoms in total. The van der Waals surface area contributed by atoms with Crippen LogP contribution >= 0.6 is 0 Å². The highest BCUT2D eigenvalue weighted by atomic mass is 16.1. The molecule has 0 amide bonds. The van der Waals surface area contributed by atoms with E-state index in [9.17, 15) is 4.79 Å². The summed E-state index contributed by atoms with van der Waals surface area (Å²) < 4.78 is 0. The molecule has 1 fully saturated rings. The zero-order valence-corrected chi connectivity index (χ0v) is 8.45. The van der Waals surface area contributed by atoms with Crippen molar-refractivity contribution in [2.45, 2.75) is 26.3 Å². The summed E-state index contributed by atoms with van der Waals surface area (Å²) in [7, 11) is 1.95. The van der Waals surface area contributed by atoms with Crippen LogP contribution in [0.3, 0.4) is 0 Å². The average molecular weight is 180 g/mol. The summed E-state index contributed by atoms with van der Waals surface area (Å²) in [4.78, 5) is 13.8. The van der Waals surface area contributed by atoms with Gasteiger partial charge in [0.1, 0.15) is 5.92 Å². The van der Waals surface area contributed by atoms with Crippen LogP contribution in [0, 0.1) is 23.2 Å². The van der Waals surface area contributed by atoms with Crippen molar-refractivity contribution >= 4 is 5.78 Å². The Morgan fingerprint density at radius 3 is 2.69 bits per heavy atom. The van der Waals surface area contributed by atoms with E-state index in [1.807, 2.05) is 20.9 Å². The fourth-order valence-electron chi connectivity index (χ4n) is 2.00. The molecule has 3 heteroatoms. The molecule has 0 saturated carbocycles. The molecule has 0 aromatic carbocycles. The number of carbonyl (C=O) groups excluding carboxylic acids is 1. The van der Waals surface area contributed by atoms with E-state index >= 15 is 0 Å². The first-order valence-electron chi connectivity index (χ1n) is 4.71. The van der Waals surface area contributed by atoms with E-state index in [0.717, 1.165) is 6.54 Å². The van der Waals surface area contributed by atoms with Gasteiger partial charge in [-0.1, -0.05) is 13.8 Å². The minimum absolute atomic E-state index is 0.0570. The molecule has 2 unspecified atom stereocenters. The van der Waals surface area contributed by atoms with Gasteiger partial charge in [0.2, 0.25) is 0 Å². The standard InChI is InChI=1S/C10H16N2O/c1-7(2)9-10(13)8(6-11)4-5-12(9)3/h7-9H,4-5H2,1-3H3. The van der Waals surface area contributed by atoms with Crippen molar-refractivity contribution < 1.29 is 4.79 Å². The highest BCUT2D eigenvalue weighted by Gasteiger charge is 2.36. The molecular formula is C10H16N2O. The van der Waals surface area contributed by atoms with Gasteiger partial charge in [-0.3, -0.25) is 9.69 Å². The molecule has 1 aliphatic heterocycles. The van der Waals surface area contributed by atoms with Crippen LogP contribution in [0.1, 0.15) is 20.3 Å². The number of Topliss-reactive ketones (excluding diaryl/α,β-unsaturated/α-hetero) is 1. The van der Waals surface area contributed by atoms with Gasteiger partial charge in [0, 0.05) is 6.54 Å². The number of likely N-dealkylation sites (N-methyl/N-ethyl adjacent to an activating group) is 1. The lowest BCUT2D eigenvalue weighted by Gasteiger charge is -2.35. The van der Waals surface area contributed by atoms with Gasteiger partial charge in [-0.2, -0.15) is 5.26 Å².